The minimum absolute atomic E-state index is 0.116. The van der Waals surface area contributed by atoms with Gasteiger partial charge < -0.3 is 10.6 Å². The van der Waals surface area contributed by atoms with Crippen molar-refractivity contribution in [3.8, 4) is 0 Å². The Hall–Kier alpha value is -2.41. The summed E-state index contributed by atoms with van der Waals surface area (Å²) in [6, 6.07) is 7.60. The maximum Gasteiger partial charge on any atom is 0.239 e. The molecule has 0 saturated heterocycles. The molecule has 7 heteroatoms. The van der Waals surface area contributed by atoms with Gasteiger partial charge in [0.05, 0.1) is 12.1 Å². The third kappa shape index (κ3) is 3.57. The number of para-hydroxylation sites is 1. The molecule has 1 aromatic carbocycles. The van der Waals surface area contributed by atoms with Crippen LogP contribution in [0.5, 0.6) is 0 Å². The normalized spacial score (nSPS) is 10.6. The molecule has 5 N–H and O–H groups in total. The fourth-order valence-corrected chi connectivity index (χ4v) is 2.16. The van der Waals surface area contributed by atoms with E-state index in [0.29, 0.717) is 18.3 Å². The molecule has 0 unspecified atom stereocenters. The largest absolute Gasteiger partial charge is 0.368 e. The second-order valence-electron chi connectivity index (χ2n) is 4.77. The molecule has 0 aliphatic rings. The van der Waals surface area contributed by atoms with Crippen molar-refractivity contribution in [3.63, 3.8) is 0 Å². The summed E-state index contributed by atoms with van der Waals surface area (Å²) in [5.41, 5.74) is 8.58. The van der Waals surface area contributed by atoms with Crippen LogP contribution in [0.2, 0.25) is 0 Å². The molecule has 112 valence electrons. The second kappa shape index (κ2) is 6.85. The summed E-state index contributed by atoms with van der Waals surface area (Å²) in [6.07, 6.45) is 1.96. The lowest BCUT2D eigenvalue weighted by atomic mass is 10.2. The Morgan fingerprint density at radius 1 is 1.33 bits per heavy atom. The van der Waals surface area contributed by atoms with Crippen molar-refractivity contribution in [2.45, 2.75) is 19.8 Å². The van der Waals surface area contributed by atoms with Gasteiger partial charge in [-0.15, -0.1) is 0 Å². The number of primary amides is 1. The molecule has 1 heterocycles. The van der Waals surface area contributed by atoms with Crippen LogP contribution in [0.1, 0.15) is 19.8 Å². The molecule has 1 aromatic heterocycles. The zero-order valence-electron chi connectivity index (χ0n) is 12.0. The highest BCUT2D eigenvalue weighted by Gasteiger charge is 2.15. The molecule has 0 aliphatic carbocycles. The van der Waals surface area contributed by atoms with Crippen LogP contribution in [-0.4, -0.2) is 29.0 Å². The van der Waals surface area contributed by atoms with Crippen LogP contribution in [0.4, 0.5) is 11.8 Å². The average molecular weight is 288 g/mol. The number of unbranched alkanes of at least 4 members (excludes halogenated alkanes) is 1. The summed E-state index contributed by atoms with van der Waals surface area (Å²) in [5, 5.41) is 0.869. The standard InChI is InChI=1S/C14H20N6O/c1-2-3-8-20(9-12(15)21)13-10-6-4-5-7-11(10)17-14(18-13)19-16/h4-7H,2-3,8-9,16H2,1H3,(H2,15,21)(H,17,18,19). The summed E-state index contributed by atoms with van der Waals surface area (Å²) in [4.78, 5) is 21.9. The van der Waals surface area contributed by atoms with Gasteiger partial charge in [-0.25, -0.2) is 10.8 Å². The quantitative estimate of drug-likeness (QED) is 0.518. The lowest BCUT2D eigenvalue weighted by Gasteiger charge is -2.23. The lowest BCUT2D eigenvalue weighted by Crippen LogP contribution is -2.35. The van der Waals surface area contributed by atoms with E-state index >= 15 is 0 Å². The summed E-state index contributed by atoms with van der Waals surface area (Å²) in [7, 11) is 0. The number of rotatable bonds is 7. The van der Waals surface area contributed by atoms with Gasteiger partial charge in [-0.3, -0.25) is 10.2 Å². The molecule has 0 radical (unpaired) electrons. The predicted molar refractivity (Wildman–Crippen MR) is 83.7 cm³/mol. The molecular formula is C14H20N6O. The summed E-state index contributed by atoms with van der Waals surface area (Å²) < 4.78 is 0. The number of nitrogens with one attached hydrogen (secondary N) is 1. The van der Waals surface area contributed by atoms with Crippen LogP contribution in [0.25, 0.3) is 10.9 Å². The third-order valence-electron chi connectivity index (χ3n) is 3.14. The molecule has 0 saturated carbocycles. The SMILES string of the molecule is CCCCN(CC(N)=O)c1nc(NN)nc2ccccc12. The minimum Gasteiger partial charge on any atom is -0.368 e. The number of nitrogens with zero attached hydrogens (tertiary/aromatic N) is 3. The third-order valence-corrected chi connectivity index (χ3v) is 3.14. The molecule has 2 aromatic rings. The number of hydrogen-bond donors (Lipinski definition) is 3. The molecule has 7 nitrogen and oxygen atoms in total. The Balaban J connectivity index is 2.50. The first-order valence-electron chi connectivity index (χ1n) is 6.92. The zero-order valence-corrected chi connectivity index (χ0v) is 12.0. The average Bonchev–Trinajstić information content (AvgIpc) is 2.50. The van der Waals surface area contributed by atoms with Crippen LogP contribution >= 0.6 is 0 Å². The van der Waals surface area contributed by atoms with Crippen molar-refractivity contribution in [1.29, 1.82) is 0 Å². The van der Waals surface area contributed by atoms with Crippen molar-refractivity contribution < 1.29 is 4.79 Å². The minimum atomic E-state index is -0.393. The second-order valence-corrected chi connectivity index (χ2v) is 4.77. The van der Waals surface area contributed by atoms with E-state index in [-0.39, 0.29) is 6.54 Å². The van der Waals surface area contributed by atoms with E-state index in [2.05, 4.69) is 22.3 Å². The van der Waals surface area contributed by atoms with Crippen LogP contribution in [0.3, 0.4) is 0 Å². The molecule has 1 amide bonds. The van der Waals surface area contributed by atoms with Gasteiger partial charge in [0.2, 0.25) is 11.9 Å². The van der Waals surface area contributed by atoms with Gasteiger partial charge in [-0.2, -0.15) is 4.98 Å². The van der Waals surface area contributed by atoms with Crippen LogP contribution in [-0.2, 0) is 4.79 Å². The summed E-state index contributed by atoms with van der Waals surface area (Å²) in [6.45, 7) is 2.91. The Labute approximate surface area is 123 Å². The summed E-state index contributed by atoms with van der Waals surface area (Å²) >= 11 is 0. The van der Waals surface area contributed by atoms with E-state index in [1.807, 2.05) is 29.2 Å². The van der Waals surface area contributed by atoms with Crippen molar-refractivity contribution in [3.05, 3.63) is 24.3 Å². The number of aromatic nitrogens is 2. The van der Waals surface area contributed by atoms with E-state index in [4.69, 9.17) is 11.6 Å². The first-order valence-corrected chi connectivity index (χ1v) is 6.92. The van der Waals surface area contributed by atoms with Gasteiger partial charge in [0.15, 0.2) is 0 Å². The summed E-state index contributed by atoms with van der Waals surface area (Å²) in [5.74, 6) is 6.02. The van der Waals surface area contributed by atoms with Gasteiger partial charge >= 0.3 is 0 Å². The van der Waals surface area contributed by atoms with E-state index in [9.17, 15) is 4.79 Å². The predicted octanol–water partition coefficient (Wildman–Crippen LogP) is 1.01. The van der Waals surface area contributed by atoms with Gasteiger partial charge in [0.25, 0.3) is 0 Å². The Morgan fingerprint density at radius 3 is 2.76 bits per heavy atom. The molecule has 0 fully saturated rings. The number of anilines is 2. The highest BCUT2D eigenvalue weighted by atomic mass is 16.1. The number of carbonyl (C=O) groups is 1. The smallest absolute Gasteiger partial charge is 0.239 e. The van der Waals surface area contributed by atoms with Crippen molar-refractivity contribution in [1.82, 2.24) is 9.97 Å². The van der Waals surface area contributed by atoms with E-state index in [1.54, 1.807) is 0 Å². The van der Waals surface area contributed by atoms with E-state index in [0.717, 1.165) is 23.7 Å². The van der Waals surface area contributed by atoms with Gasteiger partial charge in [0, 0.05) is 11.9 Å². The van der Waals surface area contributed by atoms with Crippen molar-refractivity contribution in [2.75, 3.05) is 23.4 Å². The molecule has 21 heavy (non-hydrogen) atoms. The number of nitrogen functional groups attached to an aromatic ring is 1. The highest BCUT2D eigenvalue weighted by Crippen LogP contribution is 2.25. The van der Waals surface area contributed by atoms with E-state index < -0.39 is 5.91 Å². The van der Waals surface area contributed by atoms with Gasteiger partial charge in [-0.05, 0) is 18.6 Å². The number of benzene rings is 1. The lowest BCUT2D eigenvalue weighted by molar-refractivity contribution is -0.116. The van der Waals surface area contributed by atoms with Crippen LogP contribution < -0.4 is 21.9 Å². The van der Waals surface area contributed by atoms with Crippen molar-refractivity contribution in [2.24, 2.45) is 11.6 Å². The monoisotopic (exact) mass is 288 g/mol. The number of amides is 1. The number of hydrazine groups is 1. The fourth-order valence-electron chi connectivity index (χ4n) is 2.16. The van der Waals surface area contributed by atoms with Gasteiger partial charge in [-0.1, -0.05) is 25.5 Å². The fraction of sp³-hybridized carbons (Fsp3) is 0.357. The molecular weight excluding hydrogens is 268 g/mol. The Morgan fingerprint density at radius 2 is 2.10 bits per heavy atom. The molecule has 0 bridgehead atoms. The number of fused-ring (bicyclic) bond motifs is 1. The Kier molecular flexibility index (Phi) is 4.89. The van der Waals surface area contributed by atoms with Crippen molar-refractivity contribution >= 4 is 28.6 Å². The number of carbonyl (C=O) groups excluding carboxylic acids is 1. The number of hydrogen-bond acceptors (Lipinski definition) is 6. The Bertz CT molecular complexity index is 630. The molecule has 2 rings (SSSR count). The van der Waals surface area contributed by atoms with E-state index in [1.165, 1.54) is 0 Å². The first kappa shape index (κ1) is 15.0. The maximum atomic E-state index is 11.3. The zero-order chi connectivity index (χ0) is 15.2. The maximum absolute atomic E-state index is 11.3. The van der Waals surface area contributed by atoms with Gasteiger partial charge in [0.1, 0.15) is 5.82 Å². The van der Waals surface area contributed by atoms with Crippen LogP contribution in [0, 0.1) is 0 Å². The number of nitrogens with two attached hydrogens (primary N) is 2. The molecule has 0 aliphatic heterocycles. The first-order chi connectivity index (χ1) is 10.2. The molecule has 0 atom stereocenters. The molecule has 0 spiro atoms. The van der Waals surface area contributed by atoms with Crippen LogP contribution in [0.15, 0.2) is 24.3 Å². The highest BCUT2D eigenvalue weighted by molar-refractivity contribution is 5.92. The topological polar surface area (TPSA) is 110 Å².